The van der Waals surface area contributed by atoms with Gasteiger partial charge in [0.15, 0.2) is 0 Å². The molecule has 0 aliphatic heterocycles. The molecule has 0 amide bonds. The summed E-state index contributed by atoms with van der Waals surface area (Å²) in [7, 11) is 3.46. The van der Waals surface area contributed by atoms with Gasteiger partial charge in [0.2, 0.25) is 0 Å². The topological polar surface area (TPSA) is 74.2 Å². The molecule has 3 aromatic carbocycles. The molecule has 0 heterocycles. The Hall–Kier alpha value is -4.20. The van der Waals surface area contributed by atoms with Crippen molar-refractivity contribution >= 4 is 35.1 Å². The summed E-state index contributed by atoms with van der Waals surface area (Å²) in [6, 6.07) is 24.4. The first-order valence-corrected chi connectivity index (χ1v) is 25.5. The molecule has 0 spiro atoms. The van der Waals surface area contributed by atoms with Crippen LogP contribution in [0.4, 0.5) is 17.1 Å². The minimum atomic E-state index is 0.415. The number of nitrogens with zero attached hydrogens (tertiary/aromatic N) is 6. The zero-order valence-corrected chi connectivity index (χ0v) is 44.4. The number of para-hydroxylation sites is 2. The summed E-state index contributed by atoms with van der Waals surface area (Å²) in [4.78, 5) is 26.1. The van der Waals surface area contributed by atoms with Gasteiger partial charge in [-0.15, -0.1) is 0 Å². The molecular weight excluding hydrogens is 793 g/mol. The largest absolute Gasteiger partial charge is 0.229 e. The van der Waals surface area contributed by atoms with Crippen LogP contribution in [0.1, 0.15) is 248 Å². The Kier molecular flexibility index (Phi) is 23.3. The van der Waals surface area contributed by atoms with Gasteiger partial charge in [0.1, 0.15) is 6.01 Å². The maximum atomic E-state index is 4.73. The van der Waals surface area contributed by atoms with Crippen LogP contribution < -0.4 is 0 Å². The van der Waals surface area contributed by atoms with Gasteiger partial charge < -0.3 is 0 Å². The van der Waals surface area contributed by atoms with Gasteiger partial charge in [-0.25, -0.2) is 15.0 Å². The third kappa shape index (κ3) is 16.6. The third-order valence-corrected chi connectivity index (χ3v) is 13.7. The van der Waals surface area contributed by atoms with Crippen LogP contribution in [0, 0.1) is 24.7 Å². The Morgan fingerprint density at radius 2 is 0.846 bits per heavy atom. The highest BCUT2D eigenvalue weighted by Gasteiger charge is 2.26. The molecule has 0 N–H and O–H groups in total. The summed E-state index contributed by atoms with van der Waals surface area (Å²) in [5.74, 6) is 6.08. The van der Waals surface area contributed by atoms with Crippen LogP contribution in [0.2, 0.25) is 0 Å². The Balaban J connectivity index is 0.000000266. The molecule has 6 heteroatoms. The molecule has 0 radical (unpaired) electrons. The van der Waals surface area contributed by atoms with Crippen molar-refractivity contribution in [2.75, 3.05) is 14.1 Å². The maximum Gasteiger partial charge on any atom is 0.101 e. The van der Waals surface area contributed by atoms with Gasteiger partial charge in [0, 0.05) is 14.1 Å². The van der Waals surface area contributed by atoms with Gasteiger partial charge >= 0.3 is 0 Å². The molecule has 0 bridgehead atoms. The number of rotatable bonds is 13. The summed E-state index contributed by atoms with van der Waals surface area (Å²) in [5.41, 5.74) is 13.6. The van der Waals surface area contributed by atoms with Crippen molar-refractivity contribution in [2.45, 2.75) is 216 Å². The Morgan fingerprint density at radius 3 is 1.22 bits per heavy atom. The molecule has 2 fully saturated rings. The van der Waals surface area contributed by atoms with E-state index < -0.39 is 0 Å². The lowest BCUT2D eigenvalue weighted by Gasteiger charge is -2.32. The number of benzene rings is 3. The molecule has 2 saturated carbocycles. The smallest absolute Gasteiger partial charge is 0.101 e. The lowest BCUT2D eigenvalue weighted by Crippen LogP contribution is -2.21. The maximum absolute atomic E-state index is 4.73. The van der Waals surface area contributed by atoms with E-state index in [4.69, 9.17) is 9.98 Å². The van der Waals surface area contributed by atoms with E-state index in [0.717, 1.165) is 34.8 Å². The molecule has 6 nitrogen and oxygen atoms in total. The fraction of sp³-hybridized carbons (Fsp3) is 0.644. The number of hydrogen-bond donors (Lipinski definition) is 0. The van der Waals surface area contributed by atoms with E-state index in [-0.39, 0.29) is 0 Å². The molecule has 0 atom stereocenters. The van der Waals surface area contributed by atoms with Crippen LogP contribution in [-0.4, -0.2) is 38.2 Å². The van der Waals surface area contributed by atoms with E-state index in [9.17, 15) is 0 Å². The van der Waals surface area contributed by atoms with Crippen LogP contribution >= 0.6 is 0 Å². The van der Waals surface area contributed by atoms with E-state index in [1.165, 1.54) is 102 Å². The Labute approximate surface area is 398 Å². The SMILES string of the molecule is CC(C)c1cccc(C(C)C)c1N=C=Nc1c(C(C)C)cccc1C(C)C.CN=C=NC1CCC(CC2CCC(C)CC2)CC1.CN=C=Nc1c(C(C)C)cc(C(C)C)c(C)c1C(C)C. The summed E-state index contributed by atoms with van der Waals surface area (Å²) in [5, 5.41) is 0. The minimum absolute atomic E-state index is 0.415. The molecule has 2 aliphatic carbocycles. The number of hydrogen-bond acceptors (Lipinski definition) is 6. The van der Waals surface area contributed by atoms with Crippen LogP contribution in [0.25, 0.3) is 0 Å². The van der Waals surface area contributed by atoms with Gasteiger partial charge in [-0.2, -0.15) is 15.0 Å². The molecule has 2 aliphatic rings. The Bertz CT molecular complexity index is 1990. The molecule has 0 saturated heterocycles. The molecular formula is C59H90N6. The summed E-state index contributed by atoms with van der Waals surface area (Å²) in [6.45, 7) is 35.7. The lowest BCUT2D eigenvalue weighted by molar-refractivity contribution is 0.212. The standard InChI is InChI=1S/C25H34N2.C18H28N2.C16H28N2/c1-16(2)20-11-9-12-21(17(3)4)24(20)26-15-27-25-22(18(5)6)13-10-14-23(25)19(7)8;1-11(2)15-9-16(12(3)4)18(20-10-19-8)17(13(5)6)14(15)7;1-13-3-5-14(6-4-13)11-15-7-9-16(10-8-15)18-12-17-2/h9-14,16-19H,1-8H3;9,11-13H,1-8H3;13-16H,3-11H2,1-2H3. The van der Waals surface area contributed by atoms with E-state index in [1.807, 2.05) is 0 Å². The van der Waals surface area contributed by atoms with Gasteiger partial charge in [0.25, 0.3) is 0 Å². The zero-order chi connectivity index (χ0) is 48.4. The molecule has 0 aromatic heterocycles. The fourth-order valence-electron chi connectivity index (χ4n) is 9.90. The average Bonchev–Trinajstić information content (AvgIpc) is 3.26. The normalized spacial score (nSPS) is 18.4. The first kappa shape index (κ1) is 55.1. The second-order valence-corrected chi connectivity index (χ2v) is 21.3. The molecule has 5 rings (SSSR count). The van der Waals surface area contributed by atoms with Gasteiger partial charge in [0.05, 0.1) is 35.1 Å². The van der Waals surface area contributed by atoms with E-state index in [0.29, 0.717) is 47.5 Å². The summed E-state index contributed by atoms with van der Waals surface area (Å²) >= 11 is 0. The highest BCUT2D eigenvalue weighted by molar-refractivity contribution is 5.68. The average molecular weight is 883 g/mol. The molecule has 356 valence electrons. The van der Waals surface area contributed by atoms with Crippen molar-refractivity contribution < 1.29 is 0 Å². The fourth-order valence-corrected chi connectivity index (χ4v) is 9.90. The van der Waals surface area contributed by atoms with Crippen molar-refractivity contribution in [3.05, 3.63) is 87.0 Å². The van der Waals surface area contributed by atoms with Crippen molar-refractivity contribution in [3.8, 4) is 0 Å². The predicted octanol–water partition coefficient (Wildman–Crippen LogP) is 18.7. The monoisotopic (exact) mass is 883 g/mol. The summed E-state index contributed by atoms with van der Waals surface area (Å²) < 4.78 is 0. The molecule has 0 unspecified atom stereocenters. The minimum Gasteiger partial charge on any atom is -0.229 e. The van der Waals surface area contributed by atoms with Gasteiger partial charge in [-0.3, -0.25) is 0 Å². The van der Waals surface area contributed by atoms with Gasteiger partial charge in [-0.05, 0) is 143 Å². The highest BCUT2D eigenvalue weighted by Crippen LogP contribution is 2.42. The second kappa shape index (κ2) is 27.4. The molecule has 3 aromatic rings. The van der Waals surface area contributed by atoms with E-state index in [2.05, 4.69) is 191 Å². The Morgan fingerprint density at radius 1 is 0.462 bits per heavy atom. The van der Waals surface area contributed by atoms with E-state index in [1.54, 1.807) is 14.1 Å². The van der Waals surface area contributed by atoms with E-state index >= 15 is 0 Å². The van der Waals surface area contributed by atoms with Crippen LogP contribution in [-0.2, 0) is 0 Å². The first-order chi connectivity index (χ1) is 30.8. The second-order valence-electron chi connectivity index (χ2n) is 21.3. The van der Waals surface area contributed by atoms with Crippen molar-refractivity contribution in [1.82, 2.24) is 0 Å². The first-order valence-electron chi connectivity index (χ1n) is 25.5. The lowest BCUT2D eigenvalue weighted by atomic mass is 9.75. The summed E-state index contributed by atoms with van der Waals surface area (Å²) in [6.07, 6.45) is 12.7. The predicted molar refractivity (Wildman–Crippen MR) is 285 cm³/mol. The number of aliphatic imine (C=N–C) groups is 6. The quantitative estimate of drug-likeness (QED) is 0.153. The van der Waals surface area contributed by atoms with Crippen molar-refractivity contribution in [1.29, 1.82) is 0 Å². The molecule has 65 heavy (non-hydrogen) atoms. The zero-order valence-electron chi connectivity index (χ0n) is 44.4. The van der Waals surface area contributed by atoms with Crippen molar-refractivity contribution in [2.24, 2.45) is 47.7 Å². The van der Waals surface area contributed by atoms with Crippen molar-refractivity contribution in [3.63, 3.8) is 0 Å². The highest BCUT2D eigenvalue weighted by atomic mass is 14.8. The van der Waals surface area contributed by atoms with Crippen LogP contribution in [0.5, 0.6) is 0 Å². The third-order valence-electron chi connectivity index (χ3n) is 13.7. The van der Waals surface area contributed by atoms with Gasteiger partial charge in [-0.1, -0.05) is 172 Å². The van der Waals surface area contributed by atoms with Crippen LogP contribution in [0.15, 0.2) is 72.4 Å². The van der Waals surface area contributed by atoms with Crippen LogP contribution in [0.3, 0.4) is 0 Å².